The Bertz CT molecular complexity index is 677. The zero-order valence-electron chi connectivity index (χ0n) is 14.1. The fraction of sp³-hybridized carbons (Fsp3) is 0.529. The van der Waals surface area contributed by atoms with Gasteiger partial charge in [-0.05, 0) is 30.8 Å². The van der Waals surface area contributed by atoms with Crippen LogP contribution in [0.5, 0.6) is 0 Å². The number of nitrogens with zero attached hydrogens (tertiary/aromatic N) is 3. The summed E-state index contributed by atoms with van der Waals surface area (Å²) in [6.07, 6.45) is 4.09. The van der Waals surface area contributed by atoms with Crippen molar-refractivity contribution in [2.45, 2.75) is 38.4 Å². The summed E-state index contributed by atoms with van der Waals surface area (Å²) in [4.78, 5) is 14.1. The minimum absolute atomic E-state index is 0.138. The molecule has 2 N–H and O–H groups in total. The lowest BCUT2D eigenvalue weighted by Gasteiger charge is -2.42. The number of aromatic nitrogens is 2. The minimum atomic E-state index is -0.746. The summed E-state index contributed by atoms with van der Waals surface area (Å²) in [6.45, 7) is 3.74. The number of likely N-dealkylation sites (N-methyl/N-ethyl adjacent to an activating group) is 1. The van der Waals surface area contributed by atoms with Crippen molar-refractivity contribution in [3.63, 3.8) is 0 Å². The maximum atomic E-state index is 10.9. The summed E-state index contributed by atoms with van der Waals surface area (Å²) in [5.74, 6) is -0.746. The van der Waals surface area contributed by atoms with Crippen LogP contribution in [0.4, 0.5) is 0 Å². The molecule has 6 nitrogen and oxygen atoms in total. The zero-order valence-corrected chi connectivity index (χ0v) is 14.9. The van der Waals surface area contributed by atoms with E-state index in [1.165, 1.54) is 10.4 Å². The molecule has 0 amide bonds. The van der Waals surface area contributed by atoms with Crippen LogP contribution in [0.3, 0.4) is 0 Å². The lowest BCUT2D eigenvalue weighted by Crippen LogP contribution is -2.53. The van der Waals surface area contributed by atoms with Crippen LogP contribution in [0.2, 0.25) is 0 Å². The highest BCUT2D eigenvalue weighted by Gasteiger charge is 2.33. The summed E-state index contributed by atoms with van der Waals surface area (Å²) >= 11 is 1.70. The molecule has 2 aromatic rings. The third kappa shape index (κ3) is 3.85. The van der Waals surface area contributed by atoms with Crippen molar-refractivity contribution < 1.29 is 9.90 Å². The predicted octanol–water partition coefficient (Wildman–Crippen LogP) is 2.18. The van der Waals surface area contributed by atoms with Gasteiger partial charge >= 0.3 is 5.97 Å². The van der Waals surface area contributed by atoms with Crippen molar-refractivity contribution in [2.24, 2.45) is 7.05 Å². The first kappa shape index (κ1) is 17.1. The smallest absolute Gasteiger partial charge is 0.317 e. The second kappa shape index (κ2) is 7.46. The molecule has 0 unspecified atom stereocenters. The van der Waals surface area contributed by atoms with E-state index in [0.717, 1.165) is 31.6 Å². The second-order valence-corrected chi connectivity index (χ2v) is 7.26. The number of carbonyl (C=O) groups is 1. The average Bonchev–Trinajstić information content (AvgIpc) is 3.13. The van der Waals surface area contributed by atoms with E-state index in [4.69, 9.17) is 5.11 Å². The molecule has 0 radical (unpaired) electrons. The quantitative estimate of drug-likeness (QED) is 0.765. The molecule has 0 aromatic carbocycles. The molecule has 130 valence electrons. The Labute approximate surface area is 146 Å². The summed E-state index contributed by atoms with van der Waals surface area (Å²) in [6, 6.07) is 4.98. The topological polar surface area (TPSA) is 70.4 Å². The molecule has 3 rings (SSSR count). The molecule has 2 heterocycles. The number of thiophene rings is 1. The predicted molar refractivity (Wildman–Crippen MR) is 95.1 cm³/mol. The Balaban J connectivity index is 1.53. The Morgan fingerprint density at radius 1 is 1.54 bits per heavy atom. The first-order valence-corrected chi connectivity index (χ1v) is 9.20. The number of carboxylic acids is 1. The molecule has 2 aromatic heterocycles. The molecular formula is C17H24N4O2S. The van der Waals surface area contributed by atoms with Crippen LogP contribution >= 0.6 is 11.3 Å². The molecule has 1 aliphatic carbocycles. The average molecular weight is 348 g/mol. The molecule has 7 heteroatoms. The van der Waals surface area contributed by atoms with Crippen LogP contribution in [0.1, 0.15) is 25.3 Å². The fourth-order valence-electron chi connectivity index (χ4n) is 3.27. The van der Waals surface area contributed by atoms with Crippen molar-refractivity contribution in [1.82, 2.24) is 20.0 Å². The van der Waals surface area contributed by atoms with Crippen molar-refractivity contribution in [1.29, 1.82) is 0 Å². The number of carboxylic acid groups (broad SMARTS) is 1. The Kier molecular flexibility index (Phi) is 5.33. The number of hydrogen-bond acceptors (Lipinski definition) is 5. The SMILES string of the molecule is CCN(CC(=O)O)C1CC(NCc2cn(C)nc2-c2cccs2)C1. The third-order valence-corrected chi connectivity index (χ3v) is 5.49. The van der Waals surface area contributed by atoms with Crippen molar-refractivity contribution in [3.05, 3.63) is 29.3 Å². The maximum absolute atomic E-state index is 10.9. The summed E-state index contributed by atoms with van der Waals surface area (Å²) in [7, 11) is 1.95. The van der Waals surface area contributed by atoms with E-state index in [-0.39, 0.29) is 6.54 Å². The Hall–Kier alpha value is -1.70. The summed E-state index contributed by atoms with van der Waals surface area (Å²) in [5, 5.41) is 19.2. The van der Waals surface area contributed by atoms with Gasteiger partial charge in [0, 0.05) is 37.4 Å². The van der Waals surface area contributed by atoms with Gasteiger partial charge in [-0.15, -0.1) is 11.3 Å². The van der Waals surface area contributed by atoms with Gasteiger partial charge in [-0.25, -0.2) is 0 Å². The molecular weight excluding hydrogens is 324 g/mol. The van der Waals surface area contributed by atoms with Crippen LogP contribution in [-0.2, 0) is 18.4 Å². The molecule has 24 heavy (non-hydrogen) atoms. The largest absolute Gasteiger partial charge is 0.480 e. The van der Waals surface area contributed by atoms with Crippen LogP contribution in [0.25, 0.3) is 10.6 Å². The molecule has 1 fully saturated rings. The molecule has 0 aliphatic heterocycles. The van der Waals surface area contributed by atoms with E-state index in [9.17, 15) is 4.79 Å². The molecule has 0 saturated heterocycles. The Morgan fingerprint density at radius 2 is 2.33 bits per heavy atom. The third-order valence-electron chi connectivity index (χ3n) is 4.61. The van der Waals surface area contributed by atoms with E-state index in [0.29, 0.717) is 12.1 Å². The molecule has 1 saturated carbocycles. The van der Waals surface area contributed by atoms with Gasteiger partial charge in [-0.1, -0.05) is 13.0 Å². The van der Waals surface area contributed by atoms with Gasteiger partial charge in [0.1, 0.15) is 5.69 Å². The van der Waals surface area contributed by atoms with Gasteiger partial charge in [0.05, 0.1) is 11.4 Å². The first-order valence-electron chi connectivity index (χ1n) is 8.32. The summed E-state index contributed by atoms with van der Waals surface area (Å²) < 4.78 is 1.86. The van der Waals surface area contributed by atoms with Gasteiger partial charge in [0.15, 0.2) is 0 Å². The lowest BCUT2D eigenvalue weighted by molar-refractivity contribution is -0.139. The van der Waals surface area contributed by atoms with E-state index in [1.807, 2.05) is 29.6 Å². The van der Waals surface area contributed by atoms with Crippen LogP contribution in [-0.4, -0.2) is 50.9 Å². The highest BCUT2D eigenvalue weighted by atomic mass is 32.1. The highest BCUT2D eigenvalue weighted by molar-refractivity contribution is 7.13. The normalized spacial score (nSPS) is 20.3. The van der Waals surface area contributed by atoms with E-state index in [1.54, 1.807) is 11.3 Å². The second-order valence-electron chi connectivity index (χ2n) is 6.31. The number of aryl methyl sites for hydroxylation is 1. The number of rotatable bonds is 8. The van der Waals surface area contributed by atoms with Gasteiger partial charge in [-0.2, -0.15) is 5.10 Å². The van der Waals surface area contributed by atoms with Crippen LogP contribution < -0.4 is 5.32 Å². The van der Waals surface area contributed by atoms with Crippen molar-refractivity contribution in [2.75, 3.05) is 13.1 Å². The number of hydrogen-bond donors (Lipinski definition) is 2. The van der Waals surface area contributed by atoms with Crippen molar-refractivity contribution >= 4 is 17.3 Å². The van der Waals surface area contributed by atoms with Gasteiger partial charge in [0.2, 0.25) is 0 Å². The Morgan fingerprint density at radius 3 is 2.96 bits per heavy atom. The fourth-order valence-corrected chi connectivity index (χ4v) is 4.01. The van der Waals surface area contributed by atoms with Gasteiger partial charge < -0.3 is 10.4 Å². The zero-order chi connectivity index (χ0) is 17.1. The highest BCUT2D eigenvalue weighted by Crippen LogP contribution is 2.28. The van der Waals surface area contributed by atoms with Crippen LogP contribution in [0, 0.1) is 0 Å². The van der Waals surface area contributed by atoms with E-state index >= 15 is 0 Å². The summed E-state index contributed by atoms with van der Waals surface area (Å²) in [5.41, 5.74) is 2.26. The molecule has 0 atom stereocenters. The van der Waals surface area contributed by atoms with Crippen LogP contribution in [0.15, 0.2) is 23.7 Å². The van der Waals surface area contributed by atoms with Gasteiger partial charge in [-0.3, -0.25) is 14.4 Å². The first-order chi connectivity index (χ1) is 11.6. The molecule has 0 spiro atoms. The minimum Gasteiger partial charge on any atom is -0.480 e. The standard InChI is InChI=1S/C17H24N4O2S/c1-3-21(11-16(22)23)14-7-13(8-14)18-9-12-10-20(2)19-17(12)15-5-4-6-24-15/h4-6,10,13-14,18H,3,7-9,11H2,1-2H3,(H,22,23). The monoisotopic (exact) mass is 348 g/mol. The lowest BCUT2D eigenvalue weighted by atomic mass is 9.85. The number of aliphatic carboxylic acids is 1. The van der Waals surface area contributed by atoms with E-state index < -0.39 is 5.97 Å². The van der Waals surface area contributed by atoms with E-state index in [2.05, 4.69) is 28.1 Å². The molecule has 1 aliphatic rings. The van der Waals surface area contributed by atoms with Crippen molar-refractivity contribution in [3.8, 4) is 10.6 Å². The maximum Gasteiger partial charge on any atom is 0.317 e. The molecule has 0 bridgehead atoms. The van der Waals surface area contributed by atoms with Gasteiger partial charge in [0.25, 0.3) is 0 Å². The number of nitrogens with one attached hydrogen (secondary N) is 1.